The summed E-state index contributed by atoms with van der Waals surface area (Å²) >= 11 is 6.06. The molecule has 1 aromatic carbocycles. The Morgan fingerprint density at radius 3 is 2.54 bits per heavy atom. The monoisotopic (exact) mass is 197 g/mol. The highest BCUT2D eigenvalue weighted by Crippen LogP contribution is 2.24. The molecule has 13 heavy (non-hydrogen) atoms. The highest BCUT2D eigenvalue weighted by atomic mass is 35.5. The fourth-order valence-corrected chi connectivity index (χ4v) is 1.66. The quantitative estimate of drug-likeness (QED) is 0.709. The van der Waals surface area contributed by atoms with E-state index in [1.807, 2.05) is 24.3 Å². The maximum Gasteiger partial charge on any atom is 0.0705 e. The van der Waals surface area contributed by atoms with Gasteiger partial charge in [0, 0.05) is 6.67 Å². The van der Waals surface area contributed by atoms with E-state index >= 15 is 0 Å². The number of benzene rings is 1. The molecule has 0 aromatic heterocycles. The fourth-order valence-electron chi connectivity index (χ4n) is 1.40. The van der Waals surface area contributed by atoms with Gasteiger partial charge in [-0.25, -0.2) is 0 Å². The minimum Gasteiger partial charge on any atom is -0.345 e. The SMILES string of the molecule is Clc1ccccc1N1CNCNC1. The largest absolute Gasteiger partial charge is 0.345 e. The molecule has 0 spiro atoms. The molecular weight excluding hydrogens is 186 g/mol. The standard InChI is InChI=1S/C9H12ClN3/c10-8-3-1-2-4-9(8)13-6-11-5-12-7-13/h1-4,11-12H,5-7H2. The van der Waals surface area contributed by atoms with E-state index in [-0.39, 0.29) is 0 Å². The Labute approximate surface area is 82.7 Å². The Kier molecular flexibility index (Phi) is 2.68. The number of halogens is 1. The predicted octanol–water partition coefficient (Wildman–Crippen LogP) is 1.21. The van der Waals surface area contributed by atoms with Crippen molar-refractivity contribution < 1.29 is 0 Å². The summed E-state index contributed by atoms with van der Waals surface area (Å²) in [7, 11) is 0. The minimum absolute atomic E-state index is 0.799. The lowest BCUT2D eigenvalue weighted by atomic mass is 10.3. The smallest absolute Gasteiger partial charge is 0.0705 e. The maximum absolute atomic E-state index is 6.06. The van der Waals surface area contributed by atoms with Crippen LogP contribution in [0.15, 0.2) is 24.3 Å². The summed E-state index contributed by atoms with van der Waals surface area (Å²) in [5.74, 6) is 0. The van der Waals surface area contributed by atoms with Crippen LogP contribution in [0.1, 0.15) is 0 Å². The lowest BCUT2D eigenvalue weighted by molar-refractivity contribution is 0.495. The lowest BCUT2D eigenvalue weighted by Crippen LogP contribution is -2.50. The molecule has 1 aromatic rings. The van der Waals surface area contributed by atoms with Gasteiger partial charge in [-0.2, -0.15) is 0 Å². The third kappa shape index (κ3) is 1.94. The number of hydrogen-bond acceptors (Lipinski definition) is 3. The second-order valence-corrected chi connectivity index (χ2v) is 3.39. The highest BCUT2D eigenvalue weighted by Gasteiger charge is 2.11. The first-order chi connectivity index (χ1) is 6.38. The predicted molar refractivity (Wildman–Crippen MR) is 54.8 cm³/mol. The van der Waals surface area contributed by atoms with Crippen molar-refractivity contribution in [3.05, 3.63) is 29.3 Å². The number of rotatable bonds is 1. The minimum atomic E-state index is 0.799. The summed E-state index contributed by atoms with van der Waals surface area (Å²) < 4.78 is 0. The van der Waals surface area contributed by atoms with Crippen LogP contribution < -0.4 is 15.5 Å². The Morgan fingerprint density at radius 1 is 1.15 bits per heavy atom. The summed E-state index contributed by atoms with van der Waals surface area (Å²) in [5, 5.41) is 7.23. The van der Waals surface area contributed by atoms with Crippen molar-refractivity contribution in [1.82, 2.24) is 10.6 Å². The average Bonchev–Trinajstić information content (AvgIpc) is 2.20. The van der Waals surface area contributed by atoms with Crippen LogP contribution in [0.2, 0.25) is 5.02 Å². The van der Waals surface area contributed by atoms with E-state index in [2.05, 4.69) is 15.5 Å². The molecule has 0 atom stereocenters. The zero-order chi connectivity index (χ0) is 9.10. The van der Waals surface area contributed by atoms with Crippen LogP contribution in [-0.4, -0.2) is 20.0 Å². The molecule has 0 unspecified atom stereocenters. The molecule has 2 rings (SSSR count). The molecule has 0 amide bonds. The molecule has 1 heterocycles. The van der Waals surface area contributed by atoms with Gasteiger partial charge in [-0.05, 0) is 12.1 Å². The Bertz CT molecular complexity index is 284. The highest BCUT2D eigenvalue weighted by molar-refractivity contribution is 6.33. The molecule has 0 radical (unpaired) electrons. The third-order valence-electron chi connectivity index (χ3n) is 2.05. The fraction of sp³-hybridized carbons (Fsp3) is 0.333. The van der Waals surface area contributed by atoms with Crippen molar-refractivity contribution in [1.29, 1.82) is 0 Å². The average molecular weight is 198 g/mol. The van der Waals surface area contributed by atoms with Gasteiger partial charge in [0.1, 0.15) is 0 Å². The van der Waals surface area contributed by atoms with Gasteiger partial charge in [0.2, 0.25) is 0 Å². The zero-order valence-corrected chi connectivity index (χ0v) is 8.01. The number of hydrogen-bond donors (Lipinski definition) is 2. The normalized spacial score (nSPS) is 17.5. The summed E-state index contributed by atoms with van der Waals surface area (Å²) in [6, 6.07) is 7.87. The molecule has 70 valence electrons. The van der Waals surface area contributed by atoms with Crippen LogP contribution in [0.5, 0.6) is 0 Å². The van der Waals surface area contributed by atoms with Gasteiger partial charge < -0.3 is 4.90 Å². The summed E-state index contributed by atoms with van der Waals surface area (Å²) in [4.78, 5) is 2.16. The molecule has 0 saturated carbocycles. The van der Waals surface area contributed by atoms with Gasteiger partial charge in [-0.1, -0.05) is 23.7 Å². The molecular formula is C9H12ClN3. The molecule has 1 aliphatic heterocycles. The van der Waals surface area contributed by atoms with Crippen molar-refractivity contribution in [2.75, 3.05) is 24.9 Å². The third-order valence-corrected chi connectivity index (χ3v) is 2.37. The lowest BCUT2D eigenvalue weighted by Gasteiger charge is -2.30. The molecule has 1 saturated heterocycles. The van der Waals surface area contributed by atoms with Crippen molar-refractivity contribution in [3.8, 4) is 0 Å². The number of anilines is 1. The second-order valence-electron chi connectivity index (χ2n) is 2.98. The van der Waals surface area contributed by atoms with E-state index in [9.17, 15) is 0 Å². The van der Waals surface area contributed by atoms with Crippen LogP contribution in [0.25, 0.3) is 0 Å². The first kappa shape index (κ1) is 8.81. The first-order valence-electron chi connectivity index (χ1n) is 4.29. The van der Waals surface area contributed by atoms with E-state index in [1.165, 1.54) is 0 Å². The van der Waals surface area contributed by atoms with E-state index < -0.39 is 0 Å². The molecule has 3 nitrogen and oxygen atoms in total. The second kappa shape index (κ2) is 3.96. The van der Waals surface area contributed by atoms with E-state index in [0.717, 1.165) is 30.7 Å². The molecule has 0 bridgehead atoms. The van der Waals surface area contributed by atoms with E-state index in [0.29, 0.717) is 0 Å². The van der Waals surface area contributed by atoms with Gasteiger partial charge in [-0.3, -0.25) is 10.6 Å². The van der Waals surface area contributed by atoms with Crippen molar-refractivity contribution in [3.63, 3.8) is 0 Å². The summed E-state index contributed by atoms with van der Waals surface area (Å²) in [5.41, 5.74) is 1.07. The zero-order valence-electron chi connectivity index (χ0n) is 7.26. The van der Waals surface area contributed by atoms with E-state index in [4.69, 9.17) is 11.6 Å². The summed E-state index contributed by atoms with van der Waals surface area (Å²) in [6.07, 6.45) is 0. The number of nitrogens with one attached hydrogen (secondary N) is 2. The molecule has 1 aliphatic rings. The van der Waals surface area contributed by atoms with Crippen molar-refractivity contribution in [2.24, 2.45) is 0 Å². The topological polar surface area (TPSA) is 27.3 Å². The Morgan fingerprint density at radius 2 is 1.85 bits per heavy atom. The summed E-state index contributed by atoms with van der Waals surface area (Å²) in [6.45, 7) is 2.55. The molecule has 1 fully saturated rings. The Balaban J connectivity index is 2.18. The van der Waals surface area contributed by atoms with Gasteiger partial charge >= 0.3 is 0 Å². The molecule has 2 N–H and O–H groups in total. The number of para-hydroxylation sites is 1. The van der Waals surface area contributed by atoms with Crippen LogP contribution in [-0.2, 0) is 0 Å². The molecule has 0 aliphatic carbocycles. The van der Waals surface area contributed by atoms with Crippen molar-refractivity contribution in [2.45, 2.75) is 0 Å². The van der Waals surface area contributed by atoms with Gasteiger partial charge in [0.15, 0.2) is 0 Å². The number of nitrogens with zero attached hydrogens (tertiary/aromatic N) is 1. The van der Waals surface area contributed by atoms with Crippen molar-refractivity contribution >= 4 is 17.3 Å². The van der Waals surface area contributed by atoms with Gasteiger partial charge in [0.25, 0.3) is 0 Å². The van der Waals surface area contributed by atoms with Crippen LogP contribution >= 0.6 is 11.6 Å². The van der Waals surface area contributed by atoms with Gasteiger partial charge in [0.05, 0.1) is 24.0 Å². The van der Waals surface area contributed by atoms with Gasteiger partial charge in [-0.15, -0.1) is 0 Å². The molecule has 4 heteroatoms. The van der Waals surface area contributed by atoms with Crippen LogP contribution in [0, 0.1) is 0 Å². The van der Waals surface area contributed by atoms with Crippen LogP contribution in [0.3, 0.4) is 0 Å². The maximum atomic E-state index is 6.06. The van der Waals surface area contributed by atoms with Crippen LogP contribution in [0.4, 0.5) is 5.69 Å². The van der Waals surface area contributed by atoms with E-state index in [1.54, 1.807) is 0 Å². The first-order valence-corrected chi connectivity index (χ1v) is 4.66. The Hall–Kier alpha value is -0.770.